The number of aryl methyl sites for hydroxylation is 4. The van der Waals surface area contributed by atoms with E-state index in [0.29, 0.717) is 88.4 Å². The quantitative estimate of drug-likeness (QED) is 0.0307. The van der Waals surface area contributed by atoms with Crippen molar-refractivity contribution in [2.24, 2.45) is 11.8 Å². The van der Waals surface area contributed by atoms with Crippen LogP contribution in [0.25, 0.3) is 0 Å². The fourth-order valence-electron chi connectivity index (χ4n) is 15.2. The Balaban J connectivity index is 0.000000257. The first-order valence-electron chi connectivity index (χ1n) is 38.4. The Morgan fingerprint density at radius 1 is 0.386 bits per heavy atom. The van der Waals surface area contributed by atoms with Crippen molar-refractivity contribution in [3.8, 4) is 0 Å². The number of carbonyl (C=O) groups excluding carboxylic acids is 6. The van der Waals surface area contributed by atoms with Crippen molar-refractivity contribution < 1.29 is 178 Å². The number of anilines is 6. The van der Waals surface area contributed by atoms with Crippen LogP contribution in [0.4, 0.5) is 34.1 Å². The molecule has 0 aromatic heterocycles. The van der Waals surface area contributed by atoms with Gasteiger partial charge in [0.1, 0.15) is 0 Å². The molecule has 28 heteroatoms. The van der Waals surface area contributed by atoms with Gasteiger partial charge in [-0.3, -0.25) is 28.8 Å². The third-order valence-electron chi connectivity index (χ3n) is 21.6. The summed E-state index contributed by atoms with van der Waals surface area (Å²) in [6.07, 6.45) is 12.6. The molecule has 0 radical (unpaired) electrons. The van der Waals surface area contributed by atoms with Gasteiger partial charge in [-0.1, -0.05) is 98.8 Å². The number of nitrogens with one attached hydrogen (secondary N) is 4. The van der Waals surface area contributed by atoms with Crippen LogP contribution in [0.15, 0.2) is 192 Å². The van der Waals surface area contributed by atoms with Crippen molar-refractivity contribution in [1.29, 1.82) is 0 Å². The summed E-state index contributed by atoms with van der Waals surface area (Å²) in [4.78, 5) is 105. The zero-order valence-electron chi connectivity index (χ0n) is 64.8. The van der Waals surface area contributed by atoms with Gasteiger partial charge in [0.15, 0.2) is 0 Å². The van der Waals surface area contributed by atoms with Crippen molar-refractivity contribution in [1.82, 2.24) is 8.61 Å². The summed E-state index contributed by atoms with van der Waals surface area (Å²) in [5.41, 5.74) is 8.41. The molecule has 8 aromatic carbocycles. The number of benzene rings is 8. The molecule has 2 aliphatic heterocycles. The summed E-state index contributed by atoms with van der Waals surface area (Å²) in [5, 5.41) is 52.5. The van der Waals surface area contributed by atoms with E-state index in [4.69, 9.17) is 0 Å². The smallest absolute Gasteiger partial charge is 0.545 e. The Morgan fingerprint density at radius 3 is 1.00 bits per heavy atom. The van der Waals surface area contributed by atoms with E-state index in [1.54, 1.807) is 62.4 Å². The predicted molar refractivity (Wildman–Crippen MR) is 425 cm³/mol. The minimum absolute atomic E-state index is 0. The molecule has 0 unspecified atom stereocenters. The van der Waals surface area contributed by atoms with Gasteiger partial charge >= 0.3 is 115 Å². The summed E-state index contributed by atoms with van der Waals surface area (Å²) >= 11 is 0. The third kappa shape index (κ3) is 23.7. The first-order valence-corrected chi connectivity index (χ1v) is 41.2. The van der Waals surface area contributed by atoms with Gasteiger partial charge in [0.25, 0.3) is 23.6 Å². The van der Waals surface area contributed by atoms with Crippen LogP contribution in [0.2, 0.25) is 0 Å². The fraction of sp³-hybridized carbons (Fsp3) is 0.349. The van der Waals surface area contributed by atoms with Gasteiger partial charge in [-0.05, 0) is 246 Å². The van der Waals surface area contributed by atoms with E-state index >= 15 is 0 Å². The number of sulfonamides is 2. The molecule has 4 aliphatic rings. The Morgan fingerprint density at radius 2 is 0.702 bits per heavy atom. The Labute approximate surface area is 751 Å². The summed E-state index contributed by atoms with van der Waals surface area (Å²) in [5.74, 6) is -7.11. The maximum absolute atomic E-state index is 13.9. The number of carboxylic acids is 4. The van der Waals surface area contributed by atoms with Crippen LogP contribution in [-0.4, -0.2) is 135 Å². The van der Waals surface area contributed by atoms with Gasteiger partial charge in [0.2, 0.25) is 20.0 Å². The molecule has 6 N–H and O–H groups in total. The zero-order valence-corrected chi connectivity index (χ0v) is 72.7. The summed E-state index contributed by atoms with van der Waals surface area (Å²) in [6.45, 7) is 7.31. The van der Waals surface area contributed by atoms with Gasteiger partial charge in [-0.25, -0.2) is 16.8 Å². The number of hydrogen-bond acceptors (Lipinski definition) is 16. The molecule has 0 atom stereocenters. The number of carbonyl (C=O) groups is 8. The molecular weight excluding hydrogens is 1540 g/mol. The monoisotopic (exact) mass is 1640 g/mol. The molecule has 2 saturated heterocycles. The molecule has 2 aliphatic carbocycles. The maximum atomic E-state index is 13.9. The van der Waals surface area contributed by atoms with E-state index < -0.39 is 79.4 Å². The van der Waals surface area contributed by atoms with Crippen molar-refractivity contribution in [2.75, 3.05) is 70.3 Å². The SMILES string of the molecule is CCN(C1CCC(C(=O)O)CC1)S(=O)(=O)c1cccc(C(=O)Nc2ccc(N3CCCCC3)cc2C(=O)Nc2ccc(CCc3ccc(C(=O)[O-])cc3)cc2)c1.CCN(C1CCC(C(=O)O)CC1)S(=O)(=O)c1cccc(C(=O)Nc2ccc(N3CCCCC3)cc2C(=O)Nc2ccc(CCc3ccc(C(=O)[O-])cc3)cc2)c1.[K+].[K+]. The number of hydrogen-bond donors (Lipinski definition) is 6. The number of nitrogens with zero attached hydrogens (tertiary/aromatic N) is 4. The second-order valence-electron chi connectivity index (χ2n) is 28.9. The largest absolute Gasteiger partial charge is 1.00 e. The standard InChI is InChI=1S/2C43H48N4O8S.2K/c2*1-2-47(35-21-17-32(18-22-35)43(52)53)56(54,55)37-8-6-7-33(27-37)40(48)45-39-24-23-36(46-25-4-3-5-26-46)28-38(39)41(49)44-34-19-13-30(14-20-34)10-9-29-11-15-31(16-12-29)42(50)51;;/h2*6-8,11-16,19-20,23-24,27-28,32,35H,2-5,9-10,17-18,21-22,25-26H2,1H3,(H,44,49)(H,45,48)(H,50,51)(H,52,53);;/q;;2*+1/p-2. The molecule has 2 heterocycles. The van der Waals surface area contributed by atoms with Crippen LogP contribution in [0.5, 0.6) is 0 Å². The van der Waals surface area contributed by atoms with Crippen LogP contribution >= 0.6 is 0 Å². The summed E-state index contributed by atoms with van der Waals surface area (Å²) < 4.78 is 58.3. The fourth-order valence-corrected chi connectivity index (χ4v) is 18.7. The van der Waals surface area contributed by atoms with Gasteiger partial charge < -0.3 is 61.1 Å². The average Bonchev–Trinajstić information content (AvgIpc) is 0.803. The Bertz CT molecular complexity index is 4640. The minimum Gasteiger partial charge on any atom is -0.545 e. The molecule has 588 valence electrons. The molecule has 0 bridgehead atoms. The van der Waals surface area contributed by atoms with Crippen LogP contribution < -0.4 is 144 Å². The predicted octanol–water partition coefficient (Wildman–Crippen LogP) is 5.98. The number of aliphatic carboxylic acids is 2. The topological polar surface area (TPSA) is 352 Å². The van der Waals surface area contributed by atoms with Crippen LogP contribution in [0, 0.1) is 11.8 Å². The van der Waals surface area contributed by atoms with E-state index in [-0.39, 0.29) is 182 Å². The van der Waals surface area contributed by atoms with Crippen LogP contribution in [-0.2, 0) is 55.3 Å². The van der Waals surface area contributed by atoms with E-state index in [2.05, 4.69) is 31.1 Å². The second kappa shape index (κ2) is 42.4. The second-order valence-corrected chi connectivity index (χ2v) is 32.7. The number of rotatable bonds is 28. The van der Waals surface area contributed by atoms with Gasteiger partial charge in [0.05, 0.1) is 56.1 Å². The molecule has 114 heavy (non-hydrogen) atoms. The number of carboxylic acid groups (broad SMARTS) is 4. The molecule has 24 nitrogen and oxygen atoms in total. The molecule has 4 amide bonds. The summed E-state index contributed by atoms with van der Waals surface area (Å²) in [6, 6.07) is 49.8. The molecular formula is C86H94K2N8O16S2. The molecule has 12 rings (SSSR count). The number of aromatic carboxylic acids is 2. The van der Waals surface area contributed by atoms with Crippen molar-refractivity contribution >= 4 is 102 Å². The van der Waals surface area contributed by atoms with E-state index in [9.17, 15) is 75.6 Å². The molecule has 2 saturated carbocycles. The molecule has 0 spiro atoms. The van der Waals surface area contributed by atoms with E-state index in [0.717, 1.165) is 98.3 Å². The van der Waals surface area contributed by atoms with Crippen LogP contribution in [0.3, 0.4) is 0 Å². The Kier molecular flexibility index (Phi) is 33.5. The van der Waals surface area contributed by atoms with Crippen molar-refractivity contribution in [2.45, 2.75) is 151 Å². The maximum Gasteiger partial charge on any atom is 1.00 e. The molecule has 4 fully saturated rings. The third-order valence-corrected chi connectivity index (χ3v) is 25.6. The number of amides is 4. The van der Waals surface area contributed by atoms with Crippen molar-refractivity contribution in [3.63, 3.8) is 0 Å². The van der Waals surface area contributed by atoms with Gasteiger partial charge in [-0.15, -0.1) is 0 Å². The molecule has 8 aromatic rings. The number of piperidine rings is 2. The first-order chi connectivity index (χ1) is 53.8. The normalized spacial score (nSPS) is 17.0. The Hall–Kier alpha value is -7.79. The average molecular weight is 1640 g/mol. The minimum atomic E-state index is -4.00. The van der Waals surface area contributed by atoms with Crippen molar-refractivity contribution in [3.05, 3.63) is 238 Å². The van der Waals surface area contributed by atoms with Gasteiger partial charge in [-0.2, -0.15) is 8.61 Å². The zero-order chi connectivity index (χ0) is 79.6. The van der Waals surface area contributed by atoms with Gasteiger partial charge in [0, 0.05) is 85.2 Å². The first kappa shape index (κ1) is 90.1. The van der Waals surface area contributed by atoms with Crippen LogP contribution in [0.1, 0.15) is 188 Å². The van der Waals surface area contributed by atoms with E-state index in [1.165, 1.54) is 81.4 Å². The van der Waals surface area contributed by atoms with E-state index in [1.807, 2.05) is 60.7 Å². The summed E-state index contributed by atoms with van der Waals surface area (Å²) in [7, 11) is -8.01.